The Hall–Kier alpha value is -1.24. The van der Waals surface area contributed by atoms with Gasteiger partial charge in [-0.3, -0.25) is 9.59 Å². The topological polar surface area (TPSA) is 133 Å². The van der Waals surface area contributed by atoms with Crippen molar-refractivity contribution in [1.82, 2.24) is 19.2 Å². The van der Waals surface area contributed by atoms with Crippen LogP contribution in [-0.2, 0) is 29.6 Å². The van der Waals surface area contributed by atoms with Crippen LogP contribution >= 0.6 is 0 Å². The van der Waals surface area contributed by atoms with Gasteiger partial charge < -0.3 is 10.2 Å². The monoisotopic (exact) mass is 438 g/mol. The van der Waals surface area contributed by atoms with Gasteiger partial charge in [0.1, 0.15) is 0 Å². The summed E-state index contributed by atoms with van der Waals surface area (Å²) in [5.74, 6) is -1.03. The second-order valence-electron chi connectivity index (χ2n) is 7.83. The molecule has 2 aliphatic rings. The van der Waals surface area contributed by atoms with E-state index in [1.54, 1.807) is 4.90 Å². The van der Waals surface area contributed by atoms with Crippen LogP contribution in [0.1, 0.15) is 33.6 Å². The molecule has 2 amide bonds. The van der Waals surface area contributed by atoms with Crippen LogP contribution in [-0.4, -0.2) is 87.6 Å². The summed E-state index contributed by atoms with van der Waals surface area (Å²) in [6, 6.07) is -0.908. The molecule has 12 heteroatoms. The van der Waals surface area contributed by atoms with E-state index in [4.69, 9.17) is 0 Å². The fourth-order valence-corrected chi connectivity index (χ4v) is 5.22. The molecule has 2 N–H and O–H groups in total. The first kappa shape index (κ1) is 23.0. The van der Waals surface area contributed by atoms with Gasteiger partial charge in [0.15, 0.2) is 0 Å². The van der Waals surface area contributed by atoms with Gasteiger partial charge in [0, 0.05) is 26.2 Å². The number of nitrogens with one attached hydrogen (secondary N) is 2. The van der Waals surface area contributed by atoms with Crippen molar-refractivity contribution < 1.29 is 26.4 Å². The molecular weight excluding hydrogens is 408 g/mol. The van der Waals surface area contributed by atoms with E-state index in [1.165, 1.54) is 18.2 Å². The van der Waals surface area contributed by atoms with Crippen LogP contribution in [0.2, 0.25) is 0 Å². The summed E-state index contributed by atoms with van der Waals surface area (Å²) < 4.78 is 49.8. The number of carbonyl (C=O) groups excluding carboxylic acids is 2. The van der Waals surface area contributed by atoms with Crippen LogP contribution in [0.5, 0.6) is 0 Å². The van der Waals surface area contributed by atoms with Crippen LogP contribution in [0.25, 0.3) is 0 Å². The van der Waals surface area contributed by atoms with E-state index in [1.807, 2.05) is 6.92 Å². The van der Waals surface area contributed by atoms with E-state index in [9.17, 15) is 26.4 Å². The second-order valence-corrected chi connectivity index (χ2v) is 11.9. The molecule has 2 atom stereocenters. The van der Waals surface area contributed by atoms with Gasteiger partial charge >= 0.3 is 0 Å². The largest absolute Gasteiger partial charge is 0.352 e. The van der Waals surface area contributed by atoms with Gasteiger partial charge in [-0.15, -0.1) is 0 Å². The van der Waals surface area contributed by atoms with Crippen molar-refractivity contribution >= 4 is 31.9 Å². The van der Waals surface area contributed by atoms with Crippen molar-refractivity contribution in [2.45, 2.75) is 45.2 Å². The molecular formula is C16H30N4O6S2. The van der Waals surface area contributed by atoms with E-state index in [-0.39, 0.29) is 37.2 Å². The Bertz CT molecular complexity index is 822. The quantitative estimate of drug-likeness (QED) is 0.484. The average Bonchev–Trinajstić information content (AvgIpc) is 2.91. The molecule has 0 radical (unpaired) electrons. The summed E-state index contributed by atoms with van der Waals surface area (Å²) in [4.78, 5) is 26.8. The van der Waals surface area contributed by atoms with Crippen LogP contribution in [0, 0.1) is 5.92 Å². The summed E-state index contributed by atoms with van der Waals surface area (Å²) in [6.45, 7) is 5.97. The molecule has 0 aromatic rings. The number of hydrogen-bond donors (Lipinski definition) is 2. The highest BCUT2D eigenvalue weighted by Crippen LogP contribution is 2.32. The Labute approximate surface area is 167 Å². The van der Waals surface area contributed by atoms with Crippen molar-refractivity contribution in [3.8, 4) is 0 Å². The normalized spacial score (nSPS) is 25.4. The number of sulfonamides is 2. The maximum Gasteiger partial charge on any atom is 0.237 e. The lowest BCUT2D eigenvalue weighted by atomic mass is 9.95. The van der Waals surface area contributed by atoms with Gasteiger partial charge in [0.05, 0.1) is 29.5 Å². The molecule has 0 saturated carbocycles. The van der Waals surface area contributed by atoms with Crippen molar-refractivity contribution in [2.75, 3.05) is 38.2 Å². The number of rotatable bonds is 8. The van der Waals surface area contributed by atoms with Crippen molar-refractivity contribution in [2.24, 2.45) is 5.92 Å². The van der Waals surface area contributed by atoms with E-state index >= 15 is 0 Å². The number of hydrogen-bond acceptors (Lipinski definition) is 6. The third kappa shape index (κ3) is 5.22. The molecule has 1 unspecified atom stereocenters. The summed E-state index contributed by atoms with van der Waals surface area (Å²) >= 11 is 0. The van der Waals surface area contributed by atoms with E-state index in [0.717, 1.165) is 12.7 Å². The molecule has 0 aromatic heterocycles. The average molecular weight is 439 g/mol. The summed E-state index contributed by atoms with van der Waals surface area (Å²) in [7, 11) is -6.78. The van der Waals surface area contributed by atoms with E-state index in [0.29, 0.717) is 13.0 Å². The Balaban J connectivity index is 1.93. The smallest absolute Gasteiger partial charge is 0.237 e. The highest BCUT2D eigenvalue weighted by atomic mass is 32.2. The van der Waals surface area contributed by atoms with Crippen LogP contribution < -0.4 is 10.0 Å². The zero-order valence-corrected chi connectivity index (χ0v) is 18.4. The Morgan fingerprint density at radius 1 is 1.21 bits per heavy atom. The first-order valence-electron chi connectivity index (χ1n) is 9.33. The zero-order chi connectivity index (χ0) is 21.3. The second kappa shape index (κ2) is 8.25. The molecule has 2 heterocycles. The van der Waals surface area contributed by atoms with Gasteiger partial charge in [-0.25, -0.2) is 25.9 Å². The van der Waals surface area contributed by atoms with Crippen molar-refractivity contribution in [3.63, 3.8) is 0 Å². The third-order valence-corrected chi connectivity index (χ3v) is 8.16. The number of amides is 2. The van der Waals surface area contributed by atoms with Crippen LogP contribution in [0.4, 0.5) is 0 Å². The molecule has 0 aromatic carbocycles. The zero-order valence-electron chi connectivity index (χ0n) is 16.8. The maximum atomic E-state index is 12.8. The molecule has 162 valence electrons. The minimum atomic E-state index is -3.49. The van der Waals surface area contributed by atoms with Gasteiger partial charge in [0.2, 0.25) is 31.9 Å². The fraction of sp³-hybridized carbons (Fsp3) is 0.875. The molecule has 0 bridgehead atoms. The molecule has 28 heavy (non-hydrogen) atoms. The molecule has 2 rings (SSSR count). The summed E-state index contributed by atoms with van der Waals surface area (Å²) in [6.07, 6.45) is 2.62. The predicted octanol–water partition coefficient (Wildman–Crippen LogP) is -1.30. The van der Waals surface area contributed by atoms with Gasteiger partial charge in [-0.1, -0.05) is 0 Å². The molecule has 2 saturated heterocycles. The molecule has 0 aliphatic carbocycles. The van der Waals surface area contributed by atoms with Crippen LogP contribution in [0.15, 0.2) is 0 Å². The van der Waals surface area contributed by atoms with E-state index in [2.05, 4.69) is 10.0 Å². The number of likely N-dealkylation sites (tertiary alicyclic amines) is 1. The van der Waals surface area contributed by atoms with Gasteiger partial charge in [-0.2, -0.15) is 0 Å². The first-order chi connectivity index (χ1) is 12.8. The highest BCUT2D eigenvalue weighted by molar-refractivity contribution is 7.89. The van der Waals surface area contributed by atoms with Gasteiger partial charge in [0.25, 0.3) is 0 Å². The maximum absolute atomic E-state index is 12.8. The van der Waals surface area contributed by atoms with E-state index < -0.39 is 37.5 Å². The molecule has 2 fully saturated rings. The predicted molar refractivity (Wildman–Crippen MR) is 104 cm³/mol. The molecule has 2 aliphatic heterocycles. The fourth-order valence-electron chi connectivity index (χ4n) is 3.51. The molecule has 10 nitrogen and oxygen atoms in total. The van der Waals surface area contributed by atoms with Crippen LogP contribution in [0.3, 0.4) is 0 Å². The van der Waals surface area contributed by atoms with Crippen molar-refractivity contribution in [3.05, 3.63) is 0 Å². The third-order valence-electron chi connectivity index (χ3n) is 5.45. The Kier molecular flexibility index (Phi) is 6.79. The summed E-state index contributed by atoms with van der Waals surface area (Å²) in [5.41, 5.74) is -0.582. The standard InChI is InChI=1S/C16H30N4O6S2/c1-5-28(25,26)18-12(2)14(21)17-11-16(3)7-6-8-20(16)15(22)13-9-19(10-13)27(4,23)24/h12-13,18H,5-11H2,1-4H3,(H,17,21)/t12?,16-/m1/s1. The minimum absolute atomic E-state index is 0.103. The highest BCUT2D eigenvalue weighted by Gasteiger charge is 2.46. The lowest BCUT2D eigenvalue weighted by molar-refractivity contribution is -0.143. The molecule has 0 spiro atoms. The summed E-state index contributed by atoms with van der Waals surface area (Å²) in [5, 5.41) is 2.74. The lowest BCUT2D eigenvalue weighted by Crippen LogP contribution is -2.61. The Morgan fingerprint density at radius 2 is 1.82 bits per heavy atom. The SMILES string of the molecule is CCS(=O)(=O)NC(C)C(=O)NC[C@@]1(C)CCCN1C(=O)C1CN(S(C)(=O)=O)C1. The minimum Gasteiger partial charge on any atom is -0.352 e. The number of carbonyl (C=O) groups is 2. The van der Waals surface area contributed by atoms with Gasteiger partial charge in [-0.05, 0) is 33.6 Å². The lowest BCUT2D eigenvalue weighted by Gasteiger charge is -2.42. The number of nitrogens with zero attached hydrogens (tertiary/aromatic N) is 2. The first-order valence-corrected chi connectivity index (χ1v) is 12.8. The Morgan fingerprint density at radius 3 is 2.36 bits per heavy atom. The van der Waals surface area contributed by atoms with Crippen molar-refractivity contribution in [1.29, 1.82) is 0 Å².